The number of nitriles is 1. The highest BCUT2D eigenvalue weighted by atomic mass is 35.5. The van der Waals surface area contributed by atoms with E-state index in [0.717, 1.165) is 0 Å². The highest BCUT2D eigenvalue weighted by Gasteiger charge is 2.39. The van der Waals surface area contributed by atoms with E-state index < -0.39 is 11.9 Å². The fourth-order valence-electron chi connectivity index (χ4n) is 3.50. The number of benzene rings is 2. The molecule has 2 N–H and O–H groups in total. The van der Waals surface area contributed by atoms with Crippen LogP contribution in [0.4, 0.5) is 0 Å². The summed E-state index contributed by atoms with van der Waals surface area (Å²) >= 11 is 6.50. The molecular weight excluding hydrogens is 444 g/mol. The molecule has 1 aliphatic heterocycles. The first kappa shape index (κ1) is 23.8. The van der Waals surface area contributed by atoms with E-state index in [1.165, 1.54) is 7.11 Å². The first-order chi connectivity index (χ1) is 16.0. The molecule has 2 aromatic carbocycles. The van der Waals surface area contributed by atoms with Crippen molar-refractivity contribution in [2.45, 2.75) is 12.8 Å². The second-order valence-electron chi connectivity index (χ2n) is 6.89. The summed E-state index contributed by atoms with van der Waals surface area (Å²) in [4.78, 5) is 13.1. The summed E-state index contributed by atoms with van der Waals surface area (Å²) in [7, 11) is 1.47. The maximum atomic E-state index is 13.1. The molecule has 1 heterocycles. The zero-order chi connectivity index (χ0) is 24.0. The van der Waals surface area contributed by atoms with Crippen molar-refractivity contribution in [3.8, 4) is 17.6 Å². The number of rotatable bonds is 8. The van der Waals surface area contributed by atoms with Crippen LogP contribution >= 0.6 is 11.6 Å². The molecular formula is C25H23ClN2O5. The largest absolute Gasteiger partial charge is 0.493 e. The Labute approximate surface area is 197 Å². The summed E-state index contributed by atoms with van der Waals surface area (Å²) in [5.74, 6) is -0.808. The molecule has 0 aliphatic carbocycles. The quantitative estimate of drug-likeness (QED) is 0.444. The van der Waals surface area contributed by atoms with Crippen molar-refractivity contribution in [3.05, 3.63) is 88.3 Å². The SMILES string of the molecule is C=CCOc1c(Cl)cc([C@@H]2C(C#N)=C(N)OC(c3ccccc3)=C2C(=O)OCC)cc1OC. The molecule has 0 saturated carbocycles. The number of methoxy groups -OCH3 is 1. The van der Waals surface area contributed by atoms with Gasteiger partial charge in [0.1, 0.15) is 24.0 Å². The lowest BCUT2D eigenvalue weighted by molar-refractivity contribution is -0.138. The van der Waals surface area contributed by atoms with Crippen molar-refractivity contribution in [2.75, 3.05) is 20.3 Å². The molecule has 0 amide bonds. The van der Waals surface area contributed by atoms with E-state index >= 15 is 0 Å². The molecule has 0 unspecified atom stereocenters. The number of nitrogens with zero attached hydrogens (tertiary/aromatic N) is 1. The van der Waals surface area contributed by atoms with Crippen LogP contribution in [0.5, 0.6) is 11.5 Å². The summed E-state index contributed by atoms with van der Waals surface area (Å²) < 4.78 is 22.2. The molecule has 0 bridgehead atoms. The molecule has 7 nitrogen and oxygen atoms in total. The normalized spacial score (nSPS) is 15.4. The summed E-state index contributed by atoms with van der Waals surface area (Å²) in [6.07, 6.45) is 1.58. The third kappa shape index (κ3) is 4.81. The predicted octanol–water partition coefficient (Wildman–Crippen LogP) is 4.70. The van der Waals surface area contributed by atoms with E-state index in [4.69, 9.17) is 36.3 Å². The molecule has 0 aromatic heterocycles. The van der Waals surface area contributed by atoms with Crippen LogP contribution in [0.15, 0.2) is 72.1 Å². The lowest BCUT2D eigenvalue weighted by Crippen LogP contribution is -2.26. The molecule has 1 aliphatic rings. The molecule has 2 aromatic rings. The molecule has 0 radical (unpaired) electrons. The maximum absolute atomic E-state index is 13.1. The van der Waals surface area contributed by atoms with Crippen LogP contribution < -0.4 is 15.2 Å². The second kappa shape index (κ2) is 10.6. The number of carbonyl (C=O) groups excluding carboxylic acids is 1. The lowest BCUT2D eigenvalue weighted by Gasteiger charge is -2.28. The van der Waals surface area contributed by atoms with Gasteiger partial charge in [-0.3, -0.25) is 0 Å². The zero-order valence-electron chi connectivity index (χ0n) is 18.3. The average molecular weight is 467 g/mol. The minimum absolute atomic E-state index is 0.0515. The molecule has 33 heavy (non-hydrogen) atoms. The van der Waals surface area contributed by atoms with Crippen LogP contribution in [0, 0.1) is 11.3 Å². The molecule has 170 valence electrons. The highest BCUT2D eigenvalue weighted by molar-refractivity contribution is 6.32. The fourth-order valence-corrected chi connectivity index (χ4v) is 3.78. The smallest absolute Gasteiger partial charge is 0.338 e. The molecule has 1 atom stereocenters. The molecule has 8 heteroatoms. The Bertz CT molecular complexity index is 1170. The average Bonchev–Trinajstić information content (AvgIpc) is 2.82. The first-order valence-electron chi connectivity index (χ1n) is 10.1. The van der Waals surface area contributed by atoms with Gasteiger partial charge in [-0.15, -0.1) is 0 Å². The van der Waals surface area contributed by atoms with Crippen molar-refractivity contribution >= 4 is 23.3 Å². The number of ether oxygens (including phenoxy) is 4. The molecule has 0 saturated heterocycles. The van der Waals surface area contributed by atoms with Crippen LogP contribution in [0.1, 0.15) is 24.0 Å². The first-order valence-corrected chi connectivity index (χ1v) is 10.5. The van der Waals surface area contributed by atoms with Crippen LogP contribution in [0.3, 0.4) is 0 Å². The van der Waals surface area contributed by atoms with E-state index in [2.05, 4.69) is 12.6 Å². The van der Waals surface area contributed by atoms with Gasteiger partial charge in [-0.2, -0.15) is 5.26 Å². The predicted molar refractivity (Wildman–Crippen MR) is 124 cm³/mol. The fraction of sp³-hybridized carbons (Fsp3) is 0.200. The van der Waals surface area contributed by atoms with Gasteiger partial charge in [-0.1, -0.05) is 54.6 Å². The third-order valence-corrected chi connectivity index (χ3v) is 5.16. The minimum Gasteiger partial charge on any atom is -0.493 e. The summed E-state index contributed by atoms with van der Waals surface area (Å²) in [5.41, 5.74) is 7.41. The van der Waals surface area contributed by atoms with Gasteiger partial charge < -0.3 is 24.7 Å². The number of hydrogen-bond donors (Lipinski definition) is 1. The lowest BCUT2D eigenvalue weighted by atomic mass is 9.82. The Morgan fingerprint density at radius 3 is 2.67 bits per heavy atom. The van der Waals surface area contributed by atoms with Gasteiger partial charge in [0.25, 0.3) is 0 Å². The van der Waals surface area contributed by atoms with Crippen LogP contribution in [-0.2, 0) is 14.3 Å². The van der Waals surface area contributed by atoms with Gasteiger partial charge in [-0.25, -0.2) is 4.79 Å². The Balaban J connectivity index is 2.29. The molecule has 0 spiro atoms. The Morgan fingerprint density at radius 2 is 2.06 bits per heavy atom. The van der Waals surface area contributed by atoms with Gasteiger partial charge in [0, 0.05) is 5.56 Å². The summed E-state index contributed by atoms with van der Waals surface area (Å²) in [5, 5.41) is 10.1. The third-order valence-electron chi connectivity index (χ3n) is 4.88. The molecule has 3 rings (SSSR count). The van der Waals surface area contributed by atoms with Gasteiger partial charge in [-0.05, 0) is 24.6 Å². The van der Waals surface area contributed by atoms with Crippen LogP contribution in [0.2, 0.25) is 5.02 Å². The zero-order valence-corrected chi connectivity index (χ0v) is 19.0. The van der Waals surface area contributed by atoms with Gasteiger partial charge in [0.05, 0.1) is 30.2 Å². The van der Waals surface area contributed by atoms with Crippen LogP contribution in [-0.4, -0.2) is 26.3 Å². The van der Waals surface area contributed by atoms with E-state index in [0.29, 0.717) is 22.6 Å². The van der Waals surface area contributed by atoms with Crippen LogP contribution in [0.25, 0.3) is 5.76 Å². The number of halogens is 1. The number of hydrogen-bond acceptors (Lipinski definition) is 7. The number of esters is 1. The Morgan fingerprint density at radius 1 is 1.33 bits per heavy atom. The Kier molecular flexibility index (Phi) is 7.65. The standard InChI is InChI=1S/C25H23ClN2O5/c1-4-11-32-23-18(26)12-16(13-19(23)30-3)20-17(14-27)24(28)33-22(15-9-7-6-8-10-15)21(20)25(29)31-5-2/h4,6-10,12-13,20H,1,5,11,28H2,2-3H3/t20-/m1/s1. The number of allylic oxidation sites excluding steroid dienone is 1. The second-order valence-corrected chi connectivity index (χ2v) is 7.30. The van der Waals surface area contributed by atoms with Crippen molar-refractivity contribution < 1.29 is 23.7 Å². The molecule has 0 fully saturated rings. The summed E-state index contributed by atoms with van der Waals surface area (Å²) in [6, 6.07) is 14.3. The number of carbonyl (C=O) groups is 1. The van der Waals surface area contributed by atoms with Crippen molar-refractivity contribution in [1.82, 2.24) is 0 Å². The van der Waals surface area contributed by atoms with Gasteiger partial charge >= 0.3 is 5.97 Å². The van der Waals surface area contributed by atoms with E-state index in [9.17, 15) is 10.1 Å². The summed E-state index contributed by atoms with van der Waals surface area (Å²) in [6.45, 7) is 5.68. The van der Waals surface area contributed by atoms with Gasteiger partial charge in [0.15, 0.2) is 11.5 Å². The van der Waals surface area contributed by atoms with E-state index in [-0.39, 0.29) is 41.0 Å². The monoisotopic (exact) mass is 466 g/mol. The highest BCUT2D eigenvalue weighted by Crippen LogP contribution is 2.46. The van der Waals surface area contributed by atoms with Crippen molar-refractivity contribution in [2.24, 2.45) is 5.73 Å². The van der Waals surface area contributed by atoms with E-state index in [1.54, 1.807) is 49.4 Å². The topological polar surface area (TPSA) is 104 Å². The Hall–Kier alpha value is -3.89. The van der Waals surface area contributed by atoms with Crippen molar-refractivity contribution in [3.63, 3.8) is 0 Å². The number of nitrogens with two attached hydrogens (primary N) is 1. The van der Waals surface area contributed by atoms with Crippen molar-refractivity contribution in [1.29, 1.82) is 5.26 Å². The maximum Gasteiger partial charge on any atom is 0.338 e. The van der Waals surface area contributed by atoms with E-state index in [1.807, 2.05) is 6.07 Å². The minimum atomic E-state index is -0.905. The van der Waals surface area contributed by atoms with Gasteiger partial charge in [0.2, 0.25) is 5.88 Å².